The Kier molecular flexibility index (Phi) is 3.66. The highest BCUT2D eigenvalue weighted by Crippen LogP contribution is 2.20. The van der Waals surface area contributed by atoms with Gasteiger partial charge in [0.2, 0.25) is 11.8 Å². The van der Waals surface area contributed by atoms with E-state index < -0.39 is 0 Å². The highest BCUT2D eigenvalue weighted by atomic mass is 16.5. The second-order valence-corrected chi connectivity index (χ2v) is 4.83. The van der Waals surface area contributed by atoms with Crippen molar-refractivity contribution in [3.8, 4) is 0 Å². The lowest BCUT2D eigenvalue weighted by Crippen LogP contribution is -2.51. The minimum Gasteiger partial charge on any atom is -0.378 e. The minimum absolute atomic E-state index is 0.0516. The fraction of sp³-hybridized carbons (Fsp3) is 0.833. The molecule has 2 rings (SSSR count). The van der Waals surface area contributed by atoms with Gasteiger partial charge >= 0.3 is 0 Å². The van der Waals surface area contributed by atoms with Crippen LogP contribution in [0.2, 0.25) is 0 Å². The van der Waals surface area contributed by atoms with Crippen molar-refractivity contribution in [1.82, 2.24) is 9.80 Å². The molecule has 0 aromatic carbocycles. The Balaban J connectivity index is 1.97. The van der Waals surface area contributed by atoms with Gasteiger partial charge in [0.1, 0.15) is 6.04 Å². The smallest absolute Gasteiger partial charge is 0.245 e. The van der Waals surface area contributed by atoms with Crippen LogP contribution in [-0.4, -0.2) is 60.5 Å². The van der Waals surface area contributed by atoms with E-state index in [1.807, 2.05) is 13.8 Å². The summed E-state index contributed by atoms with van der Waals surface area (Å²) in [5.74, 6) is 0.227. The van der Waals surface area contributed by atoms with Crippen LogP contribution in [0.3, 0.4) is 0 Å². The van der Waals surface area contributed by atoms with Gasteiger partial charge in [-0.3, -0.25) is 9.59 Å². The molecule has 2 amide bonds. The molecular formula is C12H20N2O3. The molecule has 0 unspecified atom stereocenters. The molecule has 0 aromatic heterocycles. The van der Waals surface area contributed by atoms with Gasteiger partial charge in [-0.1, -0.05) is 6.92 Å². The first-order chi connectivity index (χ1) is 8.11. The lowest BCUT2D eigenvalue weighted by molar-refractivity contribution is -0.146. The zero-order valence-corrected chi connectivity index (χ0v) is 10.5. The van der Waals surface area contributed by atoms with E-state index in [1.165, 1.54) is 0 Å². The molecule has 2 atom stereocenters. The summed E-state index contributed by atoms with van der Waals surface area (Å²) >= 11 is 0. The van der Waals surface area contributed by atoms with Crippen molar-refractivity contribution in [2.24, 2.45) is 5.92 Å². The Bertz CT molecular complexity index is 313. The third kappa shape index (κ3) is 2.44. The average Bonchev–Trinajstić information content (AvgIpc) is 2.69. The van der Waals surface area contributed by atoms with E-state index in [4.69, 9.17) is 4.74 Å². The number of carbonyl (C=O) groups is 2. The van der Waals surface area contributed by atoms with Crippen molar-refractivity contribution in [1.29, 1.82) is 0 Å². The lowest BCUT2D eigenvalue weighted by Gasteiger charge is -2.32. The molecule has 17 heavy (non-hydrogen) atoms. The van der Waals surface area contributed by atoms with Gasteiger partial charge in [0, 0.05) is 25.6 Å². The highest BCUT2D eigenvalue weighted by Gasteiger charge is 2.36. The van der Waals surface area contributed by atoms with Crippen LogP contribution in [0.25, 0.3) is 0 Å². The number of hydrogen-bond donors (Lipinski definition) is 0. The summed E-state index contributed by atoms with van der Waals surface area (Å²) in [6.45, 7) is 6.94. The summed E-state index contributed by atoms with van der Waals surface area (Å²) in [4.78, 5) is 27.6. The van der Waals surface area contributed by atoms with Gasteiger partial charge in [0.15, 0.2) is 0 Å². The molecule has 0 radical (unpaired) electrons. The molecule has 0 N–H and O–H groups in total. The number of rotatable bonds is 2. The molecule has 5 heteroatoms. The average molecular weight is 240 g/mol. The normalized spacial score (nSPS) is 27.4. The summed E-state index contributed by atoms with van der Waals surface area (Å²) in [5.41, 5.74) is 0. The number of morpholine rings is 1. The quantitative estimate of drug-likeness (QED) is 0.688. The van der Waals surface area contributed by atoms with Crippen LogP contribution in [0.15, 0.2) is 0 Å². The zero-order chi connectivity index (χ0) is 12.4. The Morgan fingerprint density at radius 1 is 1.35 bits per heavy atom. The van der Waals surface area contributed by atoms with Gasteiger partial charge in [0.25, 0.3) is 0 Å². The second kappa shape index (κ2) is 5.04. The van der Waals surface area contributed by atoms with Crippen molar-refractivity contribution >= 4 is 11.8 Å². The van der Waals surface area contributed by atoms with E-state index >= 15 is 0 Å². The van der Waals surface area contributed by atoms with E-state index in [9.17, 15) is 9.59 Å². The molecule has 2 aliphatic rings. The monoisotopic (exact) mass is 240 g/mol. The van der Waals surface area contributed by atoms with Crippen LogP contribution >= 0.6 is 0 Å². The largest absolute Gasteiger partial charge is 0.378 e. The van der Waals surface area contributed by atoms with Crippen LogP contribution in [-0.2, 0) is 14.3 Å². The zero-order valence-electron chi connectivity index (χ0n) is 10.5. The fourth-order valence-electron chi connectivity index (χ4n) is 2.42. The van der Waals surface area contributed by atoms with E-state index in [1.54, 1.807) is 9.80 Å². The van der Waals surface area contributed by atoms with Crippen LogP contribution in [0.1, 0.15) is 20.3 Å². The Labute approximate surface area is 102 Å². The third-order valence-electron chi connectivity index (χ3n) is 3.66. The molecular weight excluding hydrogens is 220 g/mol. The van der Waals surface area contributed by atoms with Crippen LogP contribution in [0, 0.1) is 5.92 Å². The molecule has 2 fully saturated rings. The maximum atomic E-state index is 12.2. The molecule has 2 heterocycles. The topological polar surface area (TPSA) is 49.9 Å². The number of nitrogens with zero attached hydrogens (tertiary/aromatic N) is 2. The van der Waals surface area contributed by atoms with Gasteiger partial charge in [-0.15, -0.1) is 0 Å². The number of ether oxygens (including phenoxy) is 1. The number of amides is 2. The molecule has 96 valence electrons. The van der Waals surface area contributed by atoms with Crippen molar-refractivity contribution in [2.45, 2.75) is 26.3 Å². The molecule has 0 saturated carbocycles. The highest BCUT2D eigenvalue weighted by molar-refractivity contribution is 5.89. The summed E-state index contributed by atoms with van der Waals surface area (Å²) < 4.78 is 5.22. The van der Waals surface area contributed by atoms with Crippen LogP contribution < -0.4 is 0 Å². The molecule has 0 aliphatic carbocycles. The number of likely N-dealkylation sites (tertiary alicyclic amines) is 1. The lowest BCUT2D eigenvalue weighted by atomic mass is 10.1. The predicted molar refractivity (Wildman–Crippen MR) is 62.4 cm³/mol. The first-order valence-corrected chi connectivity index (χ1v) is 6.28. The van der Waals surface area contributed by atoms with Gasteiger partial charge in [0.05, 0.1) is 13.2 Å². The second-order valence-electron chi connectivity index (χ2n) is 4.83. The van der Waals surface area contributed by atoms with Gasteiger partial charge < -0.3 is 14.5 Å². The first-order valence-electron chi connectivity index (χ1n) is 6.28. The van der Waals surface area contributed by atoms with Crippen molar-refractivity contribution in [2.75, 3.05) is 32.8 Å². The molecule has 5 nitrogen and oxygen atoms in total. The van der Waals surface area contributed by atoms with E-state index in [0.717, 1.165) is 6.42 Å². The predicted octanol–water partition coefficient (Wildman–Crippen LogP) is 0.102. The first kappa shape index (κ1) is 12.4. The van der Waals surface area contributed by atoms with Crippen LogP contribution in [0.5, 0.6) is 0 Å². The van der Waals surface area contributed by atoms with Gasteiger partial charge in [-0.25, -0.2) is 0 Å². The number of carbonyl (C=O) groups excluding carboxylic acids is 2. The van der Waals surface area contributed by atoms with Crippen molar-refractivity contribution in [3.05, 3.63) is 0 Å². The minimum atomic E-state index is -0.328. The number of hydrogen-bond acceptors (Lipinski definition) is 3. The van der Waals surface area contributed by atoms with Crippen LogP contribution in [0.4, 0.5) is 0 Å². The summed E-state index contributed by atoms with van der Waals surface area (Å²) in [6.07, 6.45) is 0.861. The summed E-state index contributed by atoms with van der Waals surface area (Å²) in [5, 5.41) is 0. The molecule has 0 bridgehead atoms. The van der Waals surface area contributed by atoms with E-state index in [0.29, 0.717) is 32.8 Å². The molecule has 2 aliphatic heterocycles. The molecule has 2 saturated heterocycles. The standard InChI is InChI=1S/C12H20N2O3/c1-9-3-4-14(11(9)15)10(2)12(16)13-5-7-17-8-6-13/h9-10H,3-8H2,1-2H3/t9-,10-/m0/s1. The Hall–Kier alpha value is -1.10. The third-order valence-corrected chi connectivity index (χ3v) is 3.66. The van der Waals surface area contributed by atoms with E-state index in [2.05, 4.69) is 0 Å². The maximum Gasteiger partial charge on any atom is 0.245 e. The van der Waals surface area contributed by atoms with E-state index in [-0.39, 0.29) is 23.8 Å². The van der Waals surface area contributed by atoms with Gasteiger partial charge in [-0.05, 0) is 13.3 Å². The Morgan fingerprint density at radius 3 is 2.53 bits per heavy atom. The Morgan fingerprint density at radius 2 is 2.00 bits per heavy atom. The SMILES string of the molecule is C[C@H]1CCN([C@@H](C)C(=O)N2CCOCC2)C1=O. The summed E-state index contributed by atoms with van der Waals surface area (Å²) in [6, 6.07) is -0.328. The van der Waals surface area contributed by atoms with Gasteiger partial charge in [-0.2, -0.15) is 0 Å². The summed E-state index contributed by atoms with van der Waals surface area (Å²) in [7, 11) is 0. The van der Waals surface area contributed by atoms with Crippen molar-refractivity contribution < 1.29 is 14.3 Å². The van der Waals surface area contributed by atoms with Crippen molar-refractivity contribution in [3.63, 3.8) is 0 Å². The molecule has 0 aromatic rings. The fourth-order valence-corrected chi connectivity index (χ4v) is 2.42. The maximum absolute atomic E-state index is 12.2. The molecule has 0 spiro atoms.